The smallest absolute Gasteiger partial charge is 0.166 e. The quantitative estimate of drug-likeness (QED) is 0.623. The van der Waals surface area contributed by atoms with Crippen LogP contribution in [0.3, 0.4) is 0 Å². The van der Waals surface area contributed by atoms with Gasteiger partial charge in [0.15, 0.2) is 5.78 Å². The van der Waals surface area contributed by atoms with Crippen molar-refractivity contribution in [3.63, 3.8) is 0 Å². The number of nitrogens with two attached hydrogens (primary N) is 1. The number of anilines is 1. The zero-order valence-electron chi connectivity index (χ0n) is 9.80. The van der Waals surface area contributed by atoms with Crippen molar-refractivity contribution in [3.8, 4) is 0 Å². The summed E-state index contributed by atoms with van der Waals surface area (Å²) in [5.74, 6) is 3.93. The second-order valence-corrected chi connectivity index (χ2v) is 6.00. The van der Waals surface area contributed by atoms with Crippen LogP contribution in [0.25, 0.3) is 0 Å². The van der Waals surface area contributed by atoms with Crippen LogP contribution in [0.1, 0.15) is 29.6 Å². The van der Waals surface area contributed by atoms with E-state index in [1.54, 1.807) is 0 Å². The van der Waals surface area contributed by atoms with E-state index in [1.807, 2.05) is 24.3 Å². The number of benzene rings is 1. The van der Waals surface area contributed by atoms with E-state index in [2.05, 4.69) is 0 Å². The van der Waals surface area contributed by atoms with Gasteiger partial charge in [0.25, 0.3) is 0 Å². The lowest BCUT2D eigenvalue weighted by Gasteiger charge is -2.07. The lowest BCUT2D eigenvalue weighted by molar-refractivity contribution is 0.0944. The lowest BCUT2D eigenvalue weighted by atomic mass is 9.96. The molecule has 3 saturated carbocycles. The summed E-state index contributed by atoms with van der Waals surface area (Å²) >= 11 is 0. The third kappa shape index (κ3) is 1.24. The van der Waals surface area contributed by atoms with Gasteiger partial charge in [0.05, 0.1) is 0 Å². The number of Topliss-reactive ketones (excluding diaryl/α,β-unsaturated/α-hetero) is 1. The van der Waals surface area contributed by atoms with Gasteiger partial charge in [-0.05, 0) is 67.2 Å². The van der Waals surface area contributed by atoms with Gasteiger partial charge < -0.3 is 5.73 Å². The van der Waals surface area contributed by atoms with Gasteiger partial charge in [-0.3, -0.25) is 4.79 Å². The Bertz CT molecular complexity index is 462. The van der Waals surface area contributed by atoms with E-state index in [0.29, 0.717) is 11.7 Å². The van der Waals surface area contributed by atoms with Gasteiger partial charge in [0.1, 0.15) is 0 Å². The second-order valence-electron chi connectivity index (χ2n) is 6.00. The summed E-state index contributed by atoms with van der Waals surface area (Å²) in [6, 6.07) is 7.43. The van der Waals surface area contributed by atoms with Crippen LogP contribution in [0.5, 0.6) is 0 Å². The maximum absolute atomic E-state index is 12.4. The molecule has 0 aromatic heterocycles. The predicted molar refractivity (Wildman–Crippen MR) is 66.5 cm³/mol. The van der Waals surface area contributed by atoms with Crippen LogP contribution in [-0.4, -0.2) is 5.78 Å². The van der Waals surface area contributed by atoms with Gasteiger partial charge in [-0.2, -0.15) is 0 Å². The molecule has 88 valence electrons. The standard InChI is InChI=1S/C15H17NO/c16-11-5-3-8(4-6-11)15(17)14-12-9-1-2-10(7-9)13(12)14/h3-6,9-10,12-14H,1-2,7,16H2. The molecule has 2 heteroatoms. The Hall–Kier alpha value is -1.31. The molecule has 2 nitrogen and oxygen atoms in total. The number of fused-ring (bicyclic) bond motifs is 5. The van der Waals surface area contributed by atoms with Gasteiger partial charge in [0.2, 0.25) is 0 Å². The van der Waals surface area contributed by atoms with Crippen LogP contribution in [0.2, 0.25) is 0 Å². The van der Waals surface area contributed by atoms with E-state index < -0.39 is 0 Å². The molecule has 3 aliphatic carbocycles. The Kier molecular flexibility index (Phi) is 1.78. The minimum Gasteiger partial charge on any atom is -0.399 e. The zero-order valence-corrected chi connectivity index (χ0v) is 9.80. The molecule has 1 aromatic carbocycles. The first-order chi connectivity index (χ1) is 8.25. The third-order valence-corrected chi connectivity index (χ3v) is 5.23. The molecule has 0 spiro atoms. The molecule has 0 aliphatic heterocycles. The van der Waals surface area contributed by atoms with Crippen LogP contribution in [0.4, 0.5) is 5.69 Å². The average Bonchev–Trinajstić information content (AvgIpc) is 2.77. The highest BCUT2D eigenvalue weighted by Gasteiger charge is 2.67. The highest BCUT2D eigenvalue weighted by atomic mass is 16.1. The molecule has 3 aliphatic rings. The maximum Gasteiger partial charge on any atom is 0.166 e. The number of carbonyl (C=O) groups is 1. The van der Waals surface area contributed by atoms with Crippen molar-refractivity contribution in [2.24, 2.45) is 29.6 Å². The molecule has 4 rings (SSSR count). The molecular formula is C15H17NO. The molecule has 3 fully saturated rings. The first-order valence-electron chi connectivity index (χ1n) is 6.65. The molecule has 2 N–H and O–H groups in total. The lowest BCUT2D eigenvalue weighted by Crippen LogP contribution is -2.10. The number of hydrogen-bond donors (Lipinski definition) is 1. The van der Waals surface area contributed by atoms with Gasteiger partial charge in [-0.25, -0.2) is 0 Å². The third-order valence-electron chi connectivity index (χ3n) is 5.23. The Balaban J connectivity index is 1.58. The Labute approximate surface area is 101 Å². The van der Waals surface area contributed by atoms with Gasteiger partial charge in [-0.1, -0.05) is 0 Å². The first-order valence-corrected chi connectivity index (χ1v) is 6.65. The summed E-state index contributed by atoms with van der Waals surface area (Å²) in [5.41, 5.74) is 7.25. The van der Waals surface area contributed by atoms with E-state index in [4.69, 9.17) is 5.73 Å². The normalized spacial score (nSPS) is 41.3. The summed E-state index contributed by atoms with van der Waals surface area (Å²) < 4.78 is 0. The highest BCUT2D eigenvalue weighted by molar-refractivity contribution is 6.00. The summed E-state index contributed by atoms with van der Waals surface area (Å²) in [6.07, 6.45) is 4.15. The molecular weight excluding hydrogens is 210 g/mol. The van der Waals surface area contributed by atoms with Crippen LogP contribution < -0.4 is 5.73 Å². The second kappa shape index (κ2) is 3.12. The van der Waals surface area contributed by atoms with Crippen LogP contribution in [0, 0.1) is 29.6 Å². The Morgan fingerprint density at radius 3 is 2.24 bits per heavy atom. The van der Waals surface area contributed by atoms with Crippen LogP contribution >= 0.6 is 0 Å². The number of hydrogen-bond acceptors (Lipinski definition) is 2. The van der Waals surface area contributed by atoms with Gasteiger partial charge in [0, 0.05) is 17.2 Å². The van der Waals surface area contributed by atoms with E-state index >= 15 is 0 Å². The average molecular weight is 227 g/mol. The molecule has 0 radical (unpaired) electrons. The Morgan fingerprint density at radius 2 is 1.65 bits per heavy atom. The number of carbonyl (C=O) groups excluding carboxylic acids is 1. The molecule has 4 atom stereocenters. The van der Waals surface area contributed by atoms with Crippen molar-refractivity contribution in [2.45, 2.75) is 19.3 Å². The van der Waals surface area contributed by atoms with Gasteiger partial charge >= 0.3 is 0 Å². The number of rotatable bonds is 2. The molecule has 1 aromatic rings. The maximum atomic E-state index is 12.4. The summed E-state index contributed by atoms with van der Waals surface area (Å²) in [4.78, 5) is 12.4. The predicted octanol–water partition coefficient (Wildman–Crippen LogP) is 2.74. The van der Waals surface area contributed by atoms with Crippen molar-refractivity contribution in [1.29, 1.82) is 0 Å². The largest absolute Gasteiger partial charge is 0.399 e. The van der Waals surface area contributed by atoms with Crippen molar-refractivity contribution < 1.29 is 4.79 Å². The molecule has 0 saturated heterocycles. The van der Waals surface area contributed by atoms with Crippen molar-refractivity contribution in [1.82, 2.24) is 0 Å². The molecule has 0 amide bonds. The minimum atomic E-state index is 0.352. The van der Waals surface area contributed by atoms with E-state index in [1.165, 1.54) is 19.3 Å². The fourth-order valence-electron chi connectivity index (χ4n) is 4.52. The molecule has 4 unspecified atom stereocenters. The topological polar surface area (TPSA) is 43.1 Å². The van der Waals surface area contributed by atoms with Gasteiger partial charge in [-0.15, -0.1) is 0 Å². The van der Waals surface area contributed by atoms with Crippen LogP contribution in [-0.2, 0) is 0 Å². The summed E-state index contributed by atoms with van der Waals surface area (Å²) in [6.45, 7) is 0. The molecule has 2 bridgehead atoms. The monoisotopic (exact) mass is 227 g/mol. The van der Waals surface area contributed by atoms with E-state index in [0.717, 1.165) is 34.9 Å². The fourth-order valence-corrected chi connectivity index (χ4v) is 4.52. The van der Waals surface area contributed by atoms with E-state index in [9.17, 15) is 4.79 Å². The summed E-state index contributed by atoms with van der Waals surface area (Å²) in [5, 5.41) is 0. The fraction of sp³-hybridized carbons (Fsp3) is 0.533. The molecule has 0 heterocycles. The number of nitrogen functional groups attached to an aromatic ring is 1. The van der Waals surface area contributed by atoms with Crippen molar-refractivity contribution in [3.05, 3.63) is 29.8 Å². The SMILES string of the molecule is Nc1ccc(C(=O)C2C3C4CCC(C4)C23)cc1. The summed E-state index contributed by atoms with van der Waals surface area (Å²) in [7, 11) is 0. The zero-order chi connectivity index (χ0) is 11.6. The highest BCUT2D eigenvalue weighted by Crippen LogP contribution is 2.69. The minimum absolute atomic E-state index is 0.352. The van der Waals surface area contributed by atoms with Crippen molar-refractivity contribution in [2.75, 3.05) is 5.73 Å². The van der Waals surface area contributed by atoms with Crippen LogP contribution in [0.15, 0.2) is 24.3 Å². The van der Waals surface area contributed by atoms with Crippen molar-refractivity contribution >= 4 is 11.5 Å². The number of ketones is 1. The van der Waals surface area contributed by atoms with E-state index in [-0.39, 0.29) is 0 Å². The molecule has 17 heavy (non-hydrogen) atoms. The Morgan fingerprint density at radius 1 is 1.06 bits per heavy atom. The first kappa shape index (κ1) is 9.69.